The minimum atomic E-state index is -4.14. The molecular weight excluding hydrogens is 595 g/mol. The lowest BCUT2D eigenvalue weighted by molar-refractivity contribution is 0.0748. The molecule has 3 N–H and O–H groups in total. The van der Waals surface area contributed by atoms with Crippen molar-refractivity contribution in [2.24, 2.45) is 0 Å². The van der Waals surface area contributed by atoms with Crippen LogP contribution in [0.15, 0.2) is 107 Å². The summed E-state index contributed by atoms with van der Waals surface area (Å²) in [6.45, 7) is 2.14. The van der Waals surface area contributed by atoms with Gasteiger partial charge in [-0.2, -0.15) is 0 Å². The van der Waals surface area contributed by atoms with Crippen molar-refractivity contribution in [2.45, 2.75) is 4.90 Å². The van der Waals surface area contributed by atoms with Gasteiger partial charge in [0, 0.05) is 43.2 Å². The molecular formula is C33H31N5O4S2. The van der Waals surface area contributed by atoms with E-state index in [1.54, 1.807) is 40.5 Å². The van der Waals surface area contributed by atoms with Crippen molar-refractivity contribution in [1.82, 2.24) is 9.88 Å². The van der Waals surface area contributed by atoms with Crippen LogP contribution in [0, 0.1) is 0 Å². The SMILES string of the molecule is COc1ccc(C(=O)N2CCN(c3nc(-c4ccccc4)cs3)CC2)c(NS(=O)(=O)c2ccc(-c3ccccc3)cc2N)c1. The van der Waals surface area contributed by atoms with Crippen LogP contribution in [0.5, 0.6) is 5.75 Å². The average molecular weight is 626 g/mol. The number of nitrogens with two attached hydrogens (primary N) is 1. The molecule has 1 saturated heterocycles. The molecule has 0 aliphatic carbocycles. The fourth-order valence-electron chi connectivity index (χ4n) is 5.15. The zero-order valence-corrected chi connectivity index (χ0v) is 25.6. The number of aromatic nitrogens is 1. The van der Waals surface area contributed by atoms with E-state index in [2.05, 4.69) is 9.62 Å². The van der Waals surface area contributed by atoms with Crippen molar-refractivity contribution in [1.29, 1.82) is 0 Å². The third-order valence-corrected chi connectivity index (χ3v) is 9.85. The number of piperazine rings is 1. The maximum atomic E-state index is 13.7. The van der Waals surface area contributed by atoms with Crippen LogP contribution < -0.4 is 20.1 Å². The fraction of sp³-hybridized carbons (Fsp3) is 0.152. The molecule has 0 unspecified atom stereocenters. The summed E-state index contributed by atoms with van der Waals surface area (Å²) in [5, 5.41) is 2.95. The second-order valence-electron chi connectivity index (χ2n) is 10.3. The van der Waals surface area contributed by atoms with Crippen molar-refractivity contribution in [3.05, 3.63) is 108 Å². The van der Waals surface area contributed by atoms with E-state index in [9.17, 15) is 13.2 Å². The number of anilines is 3. The molecule has 0 radical (unpaired) electrons. The number of amides is 1. The first kappa shape index (κ1) is 29.2. The molecule has 44 heavy (non-hydrogen) atoms. The van der Waals surface area contributed by atoms with Crippen molar-refractivity contribution >= 4 is 43.8 Å². The molecule has 4 aromatic carbocycles. The Labute approximate surface area is 260 Å². The van der Waals surface area contributed by atoms with Crippen LogP contribution >= 0.6 is 11.3 Å². The summed E-state index contributed by atoms with van der Waals surface area (Å²) < 4.78 is 35.1. The summed E-state index contributed by atoms with van der Waals surface area (Å²) in [7, 11) is -2.65. The minimum Gasteiger partial charge on any atom is -0.497 e. The quantitative estimate of drug-likeness (QED) is 0.208. The summed E-state index contributed by atoms with van der Waals surface area (Å²) in [4.78, 5) is 22.4. The topological polar surface area (TPSA) is 118 Å². The summed E-state index contributed by atoms with van der Waals surface area (Å²) in [5.74, 6) is 0.135. The number of benzene rings is 4. The van der Waals surface area contributed by atoms with Crippen molar-refractivity contribution in [3.8, 4) is 28.1 Å². The van der Waals surface area contributed by atoms with E-state index in [4.69, 9.17) is 15.5 Å². The second-order valence-corrected chi connectivity index (χ2v) is 12.8. The number of ether oxygens (including phenoxy) is 1. The number of sulfonamides is 1. The number of hydrogen-bond donors (Lipinski definition) is 2. The molecule has 5 aromatic rings. The highest BCUT2D eigenvalue weighted by molar-refractivity contribution is 7.92. The Morgan fingerprint density at radius 2 is 1.55 bits per heavy atom. The summed E-state index contributed by atoms with van der Waals surface area (Å²) in [5.41, 5.74) is 10.4. The van der Waals surface area contributed by atoms with Gasteiger partial charge in [0.2, 0.25) is 0 Å². The summed E-state index contributed by atoms with van der Waals surface area (Å²) in [6, 6.07) is 29.1. The Balaban J connectivity index is 1.19. The molecule has 11 heteroatoms. The van der Waals surface area contributed by atoms with E-state index >= 15 is 0 Å². The van der Waals surface area contributed by atoms with Gasteiger partial charge in [0.25, 0.3) is 15.9 Å². The number of hydrogen-bond acceptors (Lipinski definition) is 8. The lowest BCUT2D eigenvalue weighted by Gasteiger charge is -2.35. The Morgan fingerprint density at radius 3 is 2.20 bits per heavy atom. The lowest BCUT2D eigenvalue weighted by atomic mass is 10.1. The van der Waals surface area contributed by atoms with Crippen LogP contribution in [0.2, 0.25) is 0 Å². The molecule has 1 aliphatic heterocycles. The van der Waals surface area contributed by atoms with Crippen molar-refractivity contribution < 1.29 is 17.9 Å². The monoisotopic (exact) mass is 625 g/mol. The van der Waals surface area contributed by atoms with E-state index in [1.807, 2.05) is 66.0 Å². The molecule has 1 fully saturated rings. The van der Waals surface area contributed by atoms with Gasteiger partial charge in [-0.15, -0.1) is 11.3 Å². The van der Waals surface area contributed by atoms with E-state index in [-0.39, 0.29) is 27.7 Å². The number of carbonyl (C=O) groups is 1. The van der Waals surface area contributed by atoms with Gasteiger partial charge in [-0.05, 0) is 35.4 Å². The van der Waals surface area contributed by atoms with Crippen LogP contribution in [0.1, 0.15) is 10.4 Å². The first-order valence-electron chi connectivity index (χ1n) is 14.0. The number of carbonyl (C=O) groups excluding carboxylic acids is 1. The number of nitrogens with one attached hydrogen (secondary N) is 1. The van der Waals surface area contributed by atoms with Crippen LogP contribution in [0.4, 0.5) is 16.5 Å². The highest BCUT2D eigenvalue weighted by atomic mass is 32.2. The van der Waals surface area contributed by atoms with E-state index in [0.717, 1.165) is 27.5 Å². The van der Waals surface area contributed by atoms with Gasteiger partial charge in [0.15, 0.2) is 5.13 Å². The van der Waals surface area contributed by atoms with Gasteiger partial charge in [-0.25, -0.2) is 13.4 Å². The molecule has 1 amide bonds. The van der Waals surface area contributed by atoms with Crippen molar-refractivity contribution in [3.63, 3.8) is 0 Å². The average Bonchev–Trinajstić information content (AvgIpc) is 3.55. The zero-order valence-electron chi connectivity index (χ0n) is 24.0. The van der Waals surface area contributed by atoms with Crippen LogP contribution in [-0.2, 0) is 10.0 Å². The number of rotatable bonds is 8. The number of methoxy groups -OCH3 is 1. The Hall–Kier alpha value is -4.87. The molecule has 9 nitrogen and oxygen atoms in total. The normalized spacial score (nSPS) is 13.5. The van der Waals surface area contributed by atoms with Gasteiger partial charge >= 0.3 is 0 Å². The number of nitrogen functional groups attached to an aromatic ring is 1. The van der Waals surface area contributed by atoms with Gasteiger partial charge in [-0.3, -0.25) is 9.52 Å². The zero-order chi connectivity index (χ0) is 30.7. The van der Waals surface area contributed by atoms with Crippen LogP contribution in [0.3, 0.4) is 0 Å². The Morgan fingerprint density at radius 1 is 0.864 bits per heavy atom. The summed E-state index contributed by atoms with van der Waals surface area (Å²) in [6.07, 6.45) is 0. The van der Waals surface area contributed by atoms with Gasteiger partial charge in [0.1, 0.15) is 10.6 Å². The Kier molecular flexibility index (Phi) is 8.23. The Bertz CT molecular complexity index is 1890. The lowest BCUT2D eigenvalue weighted by Crippen LogP contribution is -2.49. The largest absolute Gasteiger partial charge is 0.497 e. The van der Waals surface area contributed by atoms with Crippen LogP contribution in [0.25, 0.3) is 22.4 Å². The molecule has 1 aromatic heterocycles. The summed E-state index contributed by atoms with van der Waals surface area (Å²) >= 11 is 1.58. The third kappa shape index (κ3) is 6.10. The molecule has 2 heterocycles. The highest BCUT2D eigenvalue weighted by Crippen LogP contribution is 2.32. The maximum Gasteiger partial charge on any atom is 0.263 e. The number of nitrogens with zero attached hydrogens (tertiary/aromatic N) is 3. The molecule has 0 atom stereocenters. The van der Waals surface area contributed by atoms with E-state index in [0.29, 0.717) is 31.9 Å². The first-order chi connectivity index (χ1) is 21.3. The minimum absolute atomic E-state index is 0.0784. The van der Waals surface area contributed by atoms with Gasteiger partial charge in [-0.1, -0.05) is 66.7 Å². The molecule has 1 aliphatic rings. The second kappa shape index (κ2) is 12.4. The third-order valence-electron chi connectivity index (χ3n) is 7.51. The van der Waals surface area contributed by atoms with Gasteiger partial charge in [0.05, 0.1) is 29.7 Å². The smallest absolute Gasteiger partial charge is 0.263 e. The van der Waals surface area contributed by atoms with Crippen molar-refractivity contribution in [2.75, 3.05) is 48.6 Å². The van der Waals surface area contributed by atoms with Crippen LogP contribution in [-0.4, -0.2) is 57.5 Å². The number of thiazole rings is 1. The highest BCUT2D eigenvalue weighted by Gasteiger charge is 2.28. The standard InChI is InChI=1S/C33H31N5O4S2/c1-42-26-13-14-27(29(21-26)36-44(40,41)31-15-12-25(20-28(31)34)23-8-4-2-5-9-23)32(39)37-16-18-38(19-17-37)33-35-30(22-43-33)24-10-6-3-7-11-24/h2-15,20-22,36H,16-19,34H2,1H3. The molecule has 0 saturated carbocycles. The van der Waals surface area contributed by atoms with Gasteiger partial charge < -0.3 is 20.3 Å². The predicted molar refractivity (Wildman–Crippen MR) is 176 cm³/mol. The molecule has 0 bridgehead atoms. The predicted octanol–water partition coefficient (Wildman–Crippen LogP) is 5.83. The maximum absolute atomic E-state index is 13.7. The van der Waals surface area contributed by atoms with E-state index < -0.39 is 10.0 Å². The fourth-order valence-corrected chi connectivity index (χ4v) is 7.22. The van der Waals surface area contributed by atoms with E-state index in [1.165, 1.54) is 19.2 Å². The molecule has 224 valence electrons. The first-order valence-corrected chi connectivity index (χ1v) is 16.4. The molecule has 6 rings (SSSR count). The molecule has 0 spiro atoms.